The highest BCUT2D eigenvalue weighted by Crippen LogP contribution is 2.27. The minimum Gasteiger partial charge on any atom is -0.370 e. The zero-order valence-electron chi connectivity index (χ0n) is 13.6. The molecular formula is C17H24IN5. The van der Waals surface area contributed by atoms with Gasteiger partial charge in [-0.05, 0) is 56.7 Å². The lowest BCUT2D eigenvalue weighted by Gasteiger charge is -2.19. The van der Waals surface area contributed by atoms with Gasteiger partial charge in [-0.25, -0.2) is 4.99 Å². The lowest BCUT2D eigenvalue weighted by molar-refractivity contribution is 0.687. The van der Waals surface area contributed by atoms with Gasteiger partial charge in [-0.3, -0.25) is 5.10 Å². The van der Waals surface area contributed by atoms with E-state index in [2.05, 4.69) is 38.7 Å². The van der Waals surface area contributed by atoms with E-state index < -0.39 is 0 Å². The number of H-pyrrole nitrogens is 1. The number of rotatable bonds is 3. The fraction of sp³-hybridized carbons (Fsp3) is 0.412. The van der Waals surface area contributed by atoms with E-state index in [1.807, 2.05) is 13.8 Å². The number of aromatic amines is 1. The zero-order chi connectivity index (χ0) is 15.5. The van der Waals surface area contributed by atoms with Crippen molar-refractivity contribution in [2.75, 3.05) is 5.32 Å². The molecule has 0 aliphatic heterocycles. The normalized spacial score (nSPS) is 14.1. The molecule has 1 aromatic heterocycles. The first-order valence-electron chi connectivity index (χ1n) is 7.83. The fourth-order valence-corrected chi connectivity index (χ4v) is 3.05. The predicted octanol–water partition coefficient (Wildman–Crippen LogP) is 3.45. The van der Waals surface area contributed by atoms with Gasteiger partial charge in [0.1, 0.15) is 0 Å². The third-order valence-electron chi connectivity index (χ3n) is 4.35. The second-order valence-electron chi connectivity index (χ2n) is 5.89. The van der Waals surface area contributed by atoms with Gasteiger partial charge in [0.25, 0.3) is 0 Å². The van der Waals surface area contributed by atoms with Crippen molar-refractivity contribution in [2.24, 2.45) is 10.7 Å². The summed E-state index contributed by atoms with van der Waals surface area (Å²) in [7, 11) is 0. The molecule has 0 radical (unpaired) electrons. The molecule has 0 unspecified atom stereocenters. The quantitative estimate of drug-likeness (QED) is 0.401. The second kappa shape index (κ2) is 7.81. The Balaban J connectivity index is 0.00000192. The number of aliphatic imine (C=N–C) groups is 1. The maximum Gasteiger partial charge on any atom is 0.193 e. The maximum atomic E-state index is 6.06. The van der Waals surface area contributed by atoms with E-state index in [1.54, 1.807) is 0 Å². The number of anilines is 1. The van der Waals surface area contributed by atoms with Gasteiger partial charge in [-0.2, -0.15) is 5.10 Å². The average Bonchev–Trinajstić information content (AvgIpc) is 2.84. The lowest BCUT2D eigenvalue weighted by atomic mass is 9.90. The first-order valence-corrected chi connectivity index (χ1v) is 7.83. The van der Waals surface area contributed by atoms with Crippen molar-refractivity contribution in [2.45, 2.75) is 46.1 Å². The zero-order valence-corrected chi connectivity index (χ0v) is 16.0. The van der Waals surface area contributed by atoms with Crippen LogP contribution in [0, 0.1) is 13.8 Å². The van der Waals surface area contributed by atoms with Crippen LogP contribution in [0.15, 0.2) is 23.2 Å². The third kappa shape index (κ3) is 4.04. The van der Waals surface area contributed by atoms with Crippen LogP contribution in [0.5, 0.6) is 0 Å². The molecule has 1 heterocycles. The molecule has 6 heteroatoms. The molecule has 0 amide bonds. The number of guanidine groups is 1. The van der Waals surface area contributed by atoms with Crippen molar-refractivity contribution in [1.82, 2.24) is 10.2 Å². The Morgan fingerprint density at radius 2 is 2.09 bits per heavy atom. The highest BCUT2D eigenvalue weighted by molar-refractivity contribution is 14.0. The monoisotopic (exact) mass is 425 g/mol. The van der Waals surface area contributed by atoms with Crippen LogP contribution in [0.1, 0.15) is 40.9 Å². The number of hydrogen-bond acceptors (Lipinski definition) is 2. The minimum atomic E-state index is 0. The van der Waals surface area contributed by atoms with Gasteiger partial charge in [-0.15, -0.1) is 24.0 Å². The first kappa shape index (κ1) is 17.8. The molecule has 0 fully saturated rings. The van der Waals surface area contributed by atoms with Crippen LogP contribution in [0.25, 0.3) is 0 Å². The number of aryl methyl sites for hydroxylation is 3. The summed E-state index contributed by atoms with van der Waals surface area (Å²) in [5.41, 5.74) is 13.1. The molecule has 0 bridgehead atoms. The molecule has 124 valence electrons. The molecule has 1 aliphatic carbocycles. The van der Waals surface area contributed by atoms with Crippen molar-refractivity contribution in [3.05, 3.63) is 46.3 Å². The van der Waals surface area contributed by atoms with Crippen LogP contribution in [0.3, 0.4) is 0 Å². The molecule has 23 heavy (non-hydrogen) atoms. The number of hydrogen-bond donors (Lipinski definition) is 3. The molecule has 0 saturated carbocycles. The molecule has 1 aromatic carbocycles. The van der Waals surface area contributed by atoms with E-state index in [4.69, 9.17) is 5.73 Å². The Labute approximate surface area is 154 Å². The van der Waals surface area contributed by atoms with Crippen LogP contribution in [0.2, 0.25) is 0 Å². The van der Waals surface area contributed by atoms with Crippen LogP contribution < -0.4 is 11.1 Å². The van der Waals surface area contributed by atoms with Gasteiger partial charge in [0.15, 0.2) is 5.96 Å². The number of benzene rings is 1. The highest BCUT2D eigenvalue weighted by atomic mass is 127. The van der Waals surface area contributed by atoms with Crippen molar-refractivity contribution >= 4 is 35.6 Å². The molecule has 2 aromatic rings. The Bertz CT molecular complexity index is 686. The summed E-state index contributed by atoms with van der Waals surface area (Å²) < 4.78 is 0. The molecular weight excluding hydrogens is 401 g/mol. The van der Waals surface area contributed by atoms with Gasteiger partial charge in [0.05, 0.1) is 12.2 Å². The molecule has 3 rings (SSSR count). The summed E-state index contributed by atoms with van der Waals surface area (Å²) in [5, 5.41) is 10.4. The van der Waals surface area contributed by atoms with Crippen LogP contribution in [-0.2, 0) is 19.4 Å². The Morgan fingerprint density at radius 1 is 1.30 bits per heavy atom. The van der Waals surface area contributed by atoms with Crippen molar-refractivity contribution in [3.8, 4) is 0 Å². The summed E-state index contributed by atoms with van der Waals surface area (Å²) in [4.78, 5) is 4.46. The van der Waals surface area contributed by atoms with Gasteiger partial charge in [0.2, 0.25) is 0 Å². The lowest BCUT2D eigenvalue weighted by Crippen LogP contribution is -2.24. The summed E-state index contributed by atoms with van der Waals surface area (Å²) in [5.74, 6) is 0.457. The second-order valence-corrected chi connectivity index (χ2v) is 5.89. The largest absolute Gasteiger partial charge is 0.370 e. The highest BCUT2D eigenvalue weighted by Gasteiger charge is 2.13. The number of halogens is 1. The number of nitrogens with one attached hydrogen (secondary N) is 2. The van der Waals surface area contributed by atoms with E-state index in [9.17, 15) is 0 Å². The number of nitrogens with zero attached hydrogens (tertiary/aromatic N) is 2. The molecule has 0 saturated heterocycles. The maximum absolute atomic E-state index is 6.06. The Morgan fingerprint density at radius 3 is 2.83 bits per heavy atom. The van der Waals surface area contributed by atoms with Crippen molar-refractivity contribution in [3.63, 3.8) is 0 Å². The minimum absolute atomic E-state index is 0. The summed E-state index contributed by atoms with van der Waals surface area (Å²) in [6, 6.07) is 6.39. The Hall–Kier alpha value is -1.57. The van der Waals surface area contributed by atoms with Gasteiger partial charge in [0, 0.05) is 16.9 Å². The summed E-state index contributed by atoms with van der Waals surface area (Å²) in [6.45, 7) is 4.52. The van der Waals surface area contributed by atoms with Gasteiger partial charge < -0.3 is 11.1 Å². The van der Waals surface area contributed by atoms with Crippen LogP contribution in [0.4, 0.5) is 5.69 Å². The Kier molecular flexibility index (Phi) is 6.04. The van der Waals surface area contributed by atoms with Gasteiger partial charge in [-0.1, -0.05) is 12.1 Å². The van der Waals surface area contributed by atoms with Crippen LogP contribution >= 0.6 is 24.0 Å². The fourth-order valence-electron chi connectivity index (χ4n) is 3.05. The van der Waals surface area contributed by atoms with Crippen LogP contribution in [-0.4, -0.2) is 16.2 Å². The van der Waals surface area contributed by atoms with E-state index in [0.717, 1.165) is 35.5 Å². The number of fused-ring (bicyclic) bond motifs is 1. The third-order valence-corrected chi connectivity index (χ3v) is 4.35. The number of aromatic nitrogens is 2. The van der Waals surface area contributed by atoms with Crippen molar-refractivity contribution < 1.29 is 0 Å². The van der Waals surface area contributed by atoms with E-state index in [-0.39, 0.29) is 24.0 Å². The molecule has 5 nitrogen and oxygen atoms in total. The van der Waals surface area contributed by atoms with Gasteiger partial charge >= 0.3 is 0 Å². The summed E-state index contributed by atoms with van der Waals surface area (Å²) >= 11 is 0. The molecule has 0 spiro atoms. The van der Waals surface area contributed by atoms with E-state index >= 15 is 0 Å². The molecule has 0 atom stereocenters. The molecule has 1 aliphatic rings. The average molecular weight is 425 g/mol. The van der Waals surface area contributed by atoms with E-state index in [1.165, 1.54) is 24.0 Å². The topological polar surface area (TPSA) is 79.1 Å². The van der Waals surface area contributed by atoms with Crippen molar-refractivity contribution in [1.29, 1.82) is 0 Å². The van der Waals surface area contributed by atoms with E-state index in [0.29, 0.717) is 12.5 Å². The number of nitrogens with two attached hydrogens (primary N) is 1. The SMILES string of the molecule is Cc1n[nH]c(C)c1CN=C(N)Nc1cccc2c1CCCC2.I. The summed E-state index contributed by atoms with van der Waals surface area (Å²) in [6.07, 6.45) is 4.80. The standard InChI is InChI=1S/C17H23N5.HI/c1-11-15(12(2)22-21-11)10-19-17(18)20-16-9-5-7-13-6-3-4-8-14(13)16;/h5,7,9H,3-4,6,8,10H2,1-2H3,(H,21,22)(H3,18,19,20);1H. The smallest absolute Gasteiger partial charge is 0.193 e. The molecule has 4 N–H and O–H groups in total. The first-order chi connectivity index (χ1) is 10.6. The predicted molar refractivity (Wildman–Crippen MR) is 106 cm³/mol.